The molecule has 2 aromatic heterocycles. The van der Waals surface area contributed by atoms with E-state index in [1.807, 2.05) is 35.7 Å². The van der Waals surface area contributed by atoms with Crippen molar-refractivity contribution in [2.75, 3.05) is 12.3 Å². The van der Waals surface area contributed by atoms with Crippen LogP contribution >= 0.6 is 11.3 Å². The zero-order valence-electron chi connectivity index (χ0n) is 18.3. The van der Waals surface area contributed by atoms with E-state index in [1.54, 1.807) is 25.1 Å². The van der Waals surface area contributed by atoms with Crippen molar-refractivity contribution in [1.29, 1.82) is 5.26 Å². The van der Waals surface area contributed by atoms with Crippen molar-refractivity contribution in [2.24, 2.45) is 0 Å². The number of hydrogen-bond acceptors (Lipinski definition) is 9. The van der Waals surface area contributed by atoms with Gasteiger partial charge in [-0.25, -0.2) is 9.78 Å². The third kappa shape index (κ3) is 5.36. The maximum atomic E-state index is 11.7. The number of fused-ring (bicyclic) bond motifs is 1. The molecular formula is C25H21N3O5S. The summed E-state index contributed by atoms with van der Waals surface area (Å²) in [6.45, 7) is 2.53. The number of nitriles is 1. The van der Waals surface area contributed by atoms with E-state index in [-0.39, 0.29) is 19.0 Å². The smallest absolute Gasteiger partial charge is 0.489 e. The number of ether oxygens (including phenoxy) is 4. The normalized spacial score (nSPS) is 10.5. The number of nitrogen functional groups attached to an aromatic ring is 1. The van der Waals surface area contributed by atoms with Gasteiger partial charge in [0.25, 0.3) is 0 Å². The number of carbonyl (C=O) groups excluding carboxylic acids is 1. The van der Waals surface area contributed by atoms with Gasteiger partial charge in [0.05, 0.1) is 29.1 Å². The number of carbonyl (C=O) groups is 1. The standard InChI is InChI=1S/C25H21N3O5S/c1-2-30-25(29)33-21-12-28-24(27)22-18(15-34-23(21)22)14-32-20-5-3-4-19(10-20)31-13-17-8-6-16(11-26)7-9-17/h3-10,12,15H,2,13-14H2,1H3,(H2,27,28). The highest BCUT2D eigenvalue weighted by Gasteiger charge is 2.17. The summed E-state index contributed by atoms with van der Waals surface area (Å²) in [5, 5.41) is 11.5. The fraction of sp³-hybridized carbons (Fsp3) is 0.160. The number of aromatic nitrogens is 1. The number of pyridine rings is 1. The summed E-state index contributed by atoms with van der Waals surface area (Å²) in [6, 6.07) is 16.7. The van der Waals surface area contributed by atoms with Gasteiger partial charge in [-0.2, -0.15) is 5.26 Å². The minimum absolute atomic E-state index is 0.212. The lowest BCUT2D eigenvalue weighted by atomic mass is 10.2. The predicted octanol–water partition coefficient (Wildman–Crippen LogP) is 5.44. The average molecular weight is 476 g/mol. The molecular weight excluding hydrogens is 454 g/mol. The Morgan fingerprint density at radius 3 is 2.56 bits per heavy atom. The minimum Gasteiger partial charge on any atom is -0.489 e. The van der Waals surface area contributed by atoms with E-state index in [0.29, 0.717) is 39.6 Å². The quantitative estimate of drug-likeness (QED) is 0.335. The number of rotatable bonds is 8. The van der Waals surface area contributed by atoms with E-state index < -0.39 is 6.16 Å². The molecule has 0 fully saturated rings. The average Bonchev–Trinajstić information content (AvgIpc) is 3.29. The van der Waals surface area contributed by atoms with Gasteiger partial charge in [0.2, 0.25) is 0 Å². The van der Waals surface area contributed by atoms with E-state index in [0.717, 1.165) is 11.1 Å². The summed E-state index contributed by atoms with van der Waals surface area (Å²) in [6.07, 6.45) is 0.615. The van der Waals surface area contributed by atoms with E-state index in [4.69, 9.17) is 29.9 Å². The van der Waals surface area contributed by atoms with Crippen molar-refractivity contribution < 1.29 is 23.7 Å². The molecule has 172 valence electrons. The lowest BCUT2D eigenvalue weighted by Crippen LogP contribution is -2.10. The molecule has 0 unspecified atom stereocenters. The Hall–Kier alpha value is -4.29. The monoisotopic (exact) mass is 475 g/mol. The fourth-order valence-corrected chi connectivity index (χ4v) is 4.19. The summed E-state index contributed by atoms with van der Waals surface area (Å²) in [5.41, 5.74) is 8.48. The maximum Gasteiger partial charge on any atom is 0.513 e. The molecule has 0 aliphatic carbocycles. The van der Waals surface area contributed by atoms with E-state index in [1.165, 1.54) is 17.5 Å². The second-order valence-corrected chi connectivity index (χ2v) is 8.00. The van der Waals surface area contributed by atoms with Crippen molar-refractivity contribution in [1.82, 2.24) is 4.98 Å². The van der Waals surface area contributed by atoms with Gasteiger partial charge < -0.3 is 24.7 Å². The van der Waals surface area contributed by atoms with Crippen LogP contribution in [0.25, 0.3) is 10.1 Å². The molecule has 0 aliphatic rings. The summed E-state index contributed by atoms with van der Waals surface area (Å²) in [4.78, 5) is 15.9. The Balaban J connectivity index is 1.43. The number of thiophene rings is 1. The number of nitrogens with two attached hydrogens (primary N) is 1. The first kappa shape index (κ1) is 22.9. The SMILES string of the molecule is CCOC(=O)Oc1cnc(N)c2c(COc3cccc(OCc4ccc(C#N)cc4)c3)csc12. The van der Waals surface area contributed by atoms with Gasteiger partial charge in [0.15, 0.2) is 5.75 Å². The van der Waals surface area contributed by atoms with Crippen molar-refractivity contribution in [3.05, 3.63) is 76.8 Å². The van der Waals surface area contributed by atoms with Crippen LogP contribution in [0.4, 0.5) is 10.6 Å². The third-order valence-electron chi connectivity index (χ3n) is 4.81. The Morgan fingerprint density at radius 2 is 1.85 bits per heavy atom. The van der Waals surface area contributed by atoms with E-state index in [9.17, 15) is 4.79 Å². The van der Waals surface area contributed by atoms with Crippen molar-refractivity contribution in [3.63, 3.8) is 0 Å². The number of anilines is 1. The van der Waals surface area contributed by atoms with Gasteiger partial charge >= 0.3 is 6.16 Å². The van der Waals surface area contributed by atoms with Crippen LogP contribution in [-0.2, 0) is 18.0 Å². The largest absolute Gasteiger partial charge is 0.513 e. The number of nitrogens with zero attached hydrogens (tertiary/aromatic N) is 2. The first-order valence-electron chi connectivity index (χ1n) is 10.4. The molecule has 0 amide bonds. The molecule has 2 heterocycles. The first-order chi connectivity index (χ1) is 16.6. The summed E-state index contributed by atoms with van der Waals surface area (Å²) in [7, 11) is 0. The Labute approximate surface area is 200 Å². The van der Waals surface area contributed by atoms with Crippen molar-refractivity contribution in [3.8, 4) is 23.3 Å². The van der Waals surface area contributed by atoms with Gasteiger partial charge in [0.1, 0.15) is 30.5 Å². The predicted molar refractivity (Wildman–Crippen MR) is 128 cm³/mol. The summed E-state index contributed by atoms with van der Waals surface area (Å²) in [5.74, 6) is 1.90. The fourth-order valence-electron chi connectivity index (χ4n) is 3.18. The van der Waals surface area contributed by atoms with E-state index in [2.05, 4.69) is 11.1 Å². The highest BCUT2D eigenvalue weighted by Crippen LogP contribution is 2.37. The molecule has 0 saturated heterocycles. The molecule has 0 spiro atoms. The molecule has 8 nitrogen and oxygen atoms in total. The summed E-state index contributed by atoms with van der Waals surface area (Å²) >= 11 is 1.38. The topological polar surface area (TPSA) is 117 Å². The van der Waals surface area contributed by atoms with Gasteiger partial charge in [-0.05, 0) is 42.1 Å². The summed E-state index contributed by atoms with van der Waals surface area (Å²) < 4.78 is 22.6. The number of benzene rings is 2. The molecule has 0 aliphatic heterocycles. The lowest BCUT2D eigenvalue weighted by molar-refractivity contribution is 0.105. The third-order valence-corrected chi connectivity index (χ3v) is 5.86. The molecule has 4 rings (SSSR count). The van der Waals surface area contributed by atoms with E-state index >= 15 is 0 Å². The lowest BCUT2D eigenvalue weighted by Gasteiger charge is -2.10. The molecule has 34 heavy (non-hydrogen) atoms. The van der Waals surface area contributed by atoms with Crippen LogP contribution in [0.2, 0.25) is 0 Å². The highest BCUT2D eigenvalue weighted by atomic mass is 32.1. The van der Waals surface area contributed by atoms with Crippen LogP contribution in [0.15, 0.2) is 60.1 Å². The van der Waals surface area contributed by atoms with Gasteiger partial charge in [-0.1, -0.05) is 18.2 Å². The molecule has 4 aromatic rings. The van der Waals surface area contributed by atoms with Gasteiger partial charge in [-0.3, -0.25) is 0 Å². The minimum atomic E-state index is -0.792. The molecule has 0 radical (unpaired) electrons. The molecule has 2 aromatic carbocycles. The maximum absolute atomic E-state index is 11.7. The Bertz CT molecular complexity index is 1350. The zero-order chi connectivity index (χ0) is 23.9. The van der Waals surface area contributed by atoms with Crippen LogP contribution in [0.3, 0.4) is 0 Å². The van der Waals surface area contributed by atoms with Crippen LogP contribution in [0.1, 0.15) is 23.6 Å². The molecule has 9 heteroatoms. The van der Waals surface area contributed by atoms with Crippen LogP contribution in [0.5, 0.6) is 17.2 Å². The van der Waals surface area contributed by atoms with Gasteiger partial charge in [-0.15, -0.1) is 11.3 Å². The Morgan fingerprint density at radius 1 is 1.12 bits per heavy atom. The molecule has 0 atom stereocenters. The number of hydrogen-bond donors (Lipinski definition) is 1. The van der Waals surface area contributed by atoms with Crippen LogP contribution in [-0.4, -0.2) is 17.7 Å². The zero-order valence-corrected chi connectivity index (χ0v) is 19.1. The molecule has 0 bridgehead atoms. The Kier molecular flexibility index (Phi) is 7.10. The van der Waals surface area contributed by atoms with Crippen molar-refractivity contribution in [2.45, 2.75) is 20.1 Å². The van der Waals surface area contributed by atoms with Crippen molar-refractivity contribution >= 4 is 33.4 Å². The second kappa shape index (κ2) is 10.6. The van der Waals surface area contributed by atoms with Crippen LogP contribution in [0, 0.1) is 11.3 Å². The second-order valence-electron chi connectivity index (χ2n) is 7.12. The highest BCUT2D eigenvalue weighted by molar-refractivity contribution is 7.17. The molecule has 0 saturated carbocycles. The first-order valence-corrected chi connectivity index (χ1v) is 11.3. The van der Waals surface area contributed by atoms with Gasteiger partial charge in [0, 0.05) is 17.0 Å². The van der Waals surface area contributed by atoms with Crippen LogP contribution < -0.4 is 19.9 Å². The molecule has 2 N–H and O–H groups in total.